The van der Waals surface area contributed by atoms with E-state index in [1.165, 1.54) is 12.1 Å². The molecule has 1 fully saturated rings. The van der Waals surface area contributed by atoms with E-state index in [2.05, 4.69) is 25.3 Å². The Morgan fingerprint density at radius 2 is 1.96 bits per heavy atom. The number of ether oxygens (including phenoxy) is 1. The van der Waals surface area contributed by atoms with Crippen LogP contribution in [0.1, 0.15) is 39.4 Å². The zero-order chi connectivity index (χ0) is 20.5. The Balaban J connectivity index is 2.03. The van der Waals surface area contributed by atoms with E-state index < -0.39 is 21.6 Å². The van der Waals surface area contributed by atoms with Gasteiger partial charge in [0.25, 0.3) is 0 Å². The second kappa shape index (κ2) is 7.83. The highest BCUT2D eigenvalue weighted by atomic mass is 32.2. The third-order valence-corrected chi connectivity index (χ3v) is 6.54. The number of carbonyl (C=O) groups is 1. The van der Waals surface area contributed by atoms with Crippen LogP contribution in [0.5, 0.6) is 0 Å². The summed E-state index contributed by atoms with van der Waals surface area (Å²) >= 11 is 0. The zero-order valence-electron chi connectivity index (χ0n) is 16.6. The van der Waals surface area contributed by atoms with Crippen LogP contribution in [-0.4, -0.2) is 48.0 Å². The first-order chi connectivity index (χ1) is 13.0. The monoisotopic (exact) mass is 408 g/mol. The molecule has 8 heteroatoms. The van der Waals surface area contributed by atoms with Gasteiger partial charge >= 0.3 is 5.97 Å². The summed E-state index contributed by atoms with van der Waals surface area (Å²) in [6.07, 6.45) is 2.77. The number of aliphatic carboxylic acids is 1. The van der Waals surface area contributed by atoms with Gasteiger partial charge in [0.15, 0.2) is 15.6 Å². The normalized spacial score (nSPS) is 16.5. The number of carboxylic acids is 1. The van der Waals surface area contributed by atoms with Crippen LogP contribution in [0.4, 0.5) is 0 Å². The molecule has 0 bridgehead atoms. The van der Waals surface area contributed by atoms with Crippen LogP contribution >= 0.6 is 0 Å². The highest BCUT2D eigenvalue weighted by Gasteiger charge is 2.24. The van der Waals surface area contributed by atoms with E-state index in [0.717, 1.165) is 50.4 Å². The lowest BCUT2D eigenvalue weighted by Crippen LogP contribution is -2.22. The number of rotatable bonds is 6. The van der Waals surface area contributed by atoms with Crippen molar-refractivity contribution in [2.24, 2.45) is 11.3 Å². The molecule has 2 aromatic rings. The van der Waals surface area contributed by atoms with Crippen molar-refractivity contribution in [1.82, 2.24) is 9.55 Å². The molecule has 1 aliphatic rings. The molecule has 1 aromatic heterocycles. The van der Waals surface area contributed by atoms with Crippen LogP contribution in [-0.2, 0) is 32.3 Å². The predicted molar refractivity (Wildman–Crippen MR) is 106 cm³/mol. The maximum Gasteiger partial charge on any atom is 0.319 e. The lowest BCUT2D eigenvalue weighted by Gasteiger charge is -2.25. The fraction of sp³-hybridized carbons (Fsp3) is 0.600. The van der Waals surface area contributed by atoms with Gasteiger partial charge in [0.05, 0.1) is 15.9 Å². The summed E-state index contributed by atoms with van der Waals surface area (Å²) in [6.45, 7) is 8.80. The van der Waals surface area contributed by atoms with E-state index >= 15 is 0 Å². The van der Waals surface area contributed by atoms with E-state index in [0.29, 0.717) is 11.4 Å². The maximum absolute atomic E-state index is 12.3. The van der Waals surface area contributed by atoms with Crippen LogP contribution in [0.2, 0.25) is 0 Å². The van der Waals surface area contributed by atoms with Gasteiger partial charge in [-0.2, -0.15) is 0 Å². The first-order valence-electron chi connectivity index (χ1n) is 9.57. The van der Waals surface area contributed by atoms with Gasteiger partial charge in [-0.05, 0) is 42.4 Å². The molecule has 2 heterocycles. The first kappa shape index (κ1) is 20.8. The van der Waals surface area contributed by atoms with Gasteiger partial charge in [0.2, 0.25) is 0 Å². The fourth-order valence-electron chi connectivity index (χ4n) is 3.60. The molecule has 0 radical (unpaired) electrons. The molecular formula is C20H28N2O5S. The minimum absolute atomic E-state index is 0.000394. The van der Waals surface area contributed by atoms with Crippen molar-refractivity contribution in [2.45, 2.75) is 51.5 Å². The summed E-state index contributed by atoms with van der Waals surface area (Å²) < 4.78 is 32.2. The van der Waals surface area contributed by atoms with Crippen molar-refractivity contribution >= 4 is 26.8 Å². The van der Waals surface area contributed by atoms with Crippen molar-refractivity contribution in [3.63, 3.8) is 0 Å². The second-order valence-corrected chi connectivity index (χ2v) is 10.7. The first-order valence-corrected chi connectivity index (χ1v) is 11.2. The number of aromatic nitrogens is 2. The standard InChI is InChI=1S/C20H28N2O5S/c1-20(2,3)11-18-21-16-10-15(28(25,26)13-19(23)24)4-5-17(16)22(18)12-14-6-8-27-9-7-14/h4-5,10,14H,6-9,11-13H2,1-3H3,(H,23,24). The Hall–Kier alpha value is -1.93. The van der Waals surface area contributed by atoms with E-state index in [1.54, 1.807) is 6.07 Å². The molecule has 1 aromatic carbocycles. The summed E-state index contributed by atoms with van der Waals surface area (Å²) in [7, 11) is -3.88. The van der Waals surface area contributed by atoms with Gasteiger partial charge in [-0.3, -0.25) is 4.79 Å². The van der Waals surface area contributed by atoms with E-state index in [-0.39, 0.29) is 10.3 Å². The minimum atomic E-state index is -3.88. The summed E-state index contributed by atoms with van der Waals surface area (Å²) in [6, 6.07) is 4.74. The number of carboxylic acid groups (broad SMARTS) is 1. The van der Waals surface area contributed by atoms with Crippen LogP contribution in [0.25, 0.3) is 11.0 Å². The molecule has 1 aliphatic heterocycles. The lowest BCUT2D eigenvalue weighted by molar-refractivity contribution is -0.134. The van der Waals surface area contributed by atoms with Crippen LogP contribution < -0.4 is 0 Å². The molecule has 0 saturated carbocycles. The number of fused-ring (bicyclic) bond motifs is 1. The molecule has 3 rings (SSSR count). The second-order valence-electron chi connectivity index (χ2n) is 8.74. The van der Waals surface area contributed by atoms with Crippen LogP contribution in [0, 0.1) is 11.3 Å². The molecule has 0 atom stereocenters. The van der Waals surface area contributed by atoms with Gasteiger partial charge < -0.3 is 14.4 Å². The number of sulfone groups is 1. The van der Waals surface area contributed by atoms with Crippen molar-refractivity contribution in [3.8, 4) is 0 Å². The smallest absolute Gasteiger partial charge is 0.319 e. The molecule has 0 spiro atoms. The molecule has 7 nitrogen and oxygen atoms in total. The summed E-state index contributed by atoms with van der Waals surface area (Å²) in [4.78, 5) is 15.6. The third-order valence-electron chi connectivity index (χ3n) is 4.94. The van der Waals surface area contributed by atoms with E-state index in [9.17, 15) is 13.2 Å². The number of hydrogen-bond donors (Lipinski definition) is 1. The van der Waals surface area contributed by atoms with Crippen molar-refractivity contribution < 1.29 is 23.1 Å². The maximum atomic E-state index is 12.3. The number of benzene rings is 1. The molecular weight excluding hydrogens is 380 g/mol. The molecule has 0 unspecified atom stereocenters. The number of hydrogen-bond acceptors (Lipinski definition) is 5. The highest BCUT2D eigenvalue weighted by molar-refractivity contribution is 7.92. The fourth-order valence-corrected chi connectivity index (χ4v) is 4.66. The Morgan fingerprint density at radius 3 is 2.57 bits per heavy atom. The van der Waals surface area contributed by atoms with Gasteiger partial charge in [0, 0.05) is 26.2 Å². The number of imidazole rings is 1. The minimum Gasteiger partial charge on any atom is -0.480 e. The van der Waals surface area contributed by atoms with Crippen LogP contribution in [0.3, 0.4) is 0 Å². The number of nitrogens with zero attached hydrogens (tertiary/aromatic N) is 2. The van der Waals surface area contributed by atoms with Crippen molar-refractivity contribution in [2.75, 3.05) is 19.0 Å². The Labute approximate surface area is 165 Å². The predicted octanol–water partition coefficient (Wildman–Crippen LogP) is 2.91. The molecule has 28 heavy (non-hydrogen) atoms. The van der Waals surface area contributed by atoms with Crippen LogP contribution in [0.15, 0.2) is 23.1 Å². The average Bonchev–Trinajstić information content (AvgIpc) is 2.89. The topological polar surface area (TPSA) is 98.5 Å². The molecule has 0 aliphatic carbocycles. The summed E-state index contributed by atoms with van der Waals surface area (Å²) in [5.41, 5.74) is 1.52. The van der Waals surface area contributed by atoms with Crippen molar-refractivity contribution in [1.29, 1.82) is 0 Å². The summed E-state index contributed by atoms with van der Waals surface area (Å²) in [5.74, 6) is -0.850. The van der Waals surface area contributed by atoms with Gasteiger partial charge in [-0.1, -0.05) is 20.8 Å². The SMILES string of the molecule is CC(C)(C)Cc1nc2cc(S(=O)(=O)CC(=O)O)ccc2n1CC1CCOCC1. The Morgan fingerprint density at radius 1 is 1.29 bits per heavy atom. The summed E-state index contributed by atoms with van der Waals surface area (Å²) in [5, 5.41) is 8.87. The van der Waals surface area contributed by atoms with Gasteiger partial charge in [-0.15, -0.1) is 0 Å². The zero-order valence-corrected chi connectivity index (χ0v) is 17.5. The largest absolute Gasteiger partial charge is 0.480 e. The Bertz CT molecular complexity index is 966. The van der Waals surface area contributed by atoms with Gasteiger partial charge in [0.1, 0.15) is 5.82 Å². The quantitative estimate of drug-likeness (QED) is 0.789. The third kappa shape index (κ3) is 4.91. The highest BCUT2D eigenvalue weighted by Crippen LogP contribution is 2.28. The van der Waals surface area contributed by atoms with Crippen molar-refractivity contribution in [3.05, 3.63) is 24.0 Å². The molecule has 0 amide bonds. The molecule has 1 N–H and O–H groups in total. The molecule has 1 saturated heterocycles. The lowest BCUT2D eigenvalue weighted by atomic mass is 9.91. The van der Waals surface area contributed by atoms with Gasteiger partial charge in [-0.25, -0.2) is 13.4 Å². The Kier molecular flexibility index (Phi) is 5.82. The molecule has 154 valence electrons. The van der Waals surface area contributed by atoms with E-state index in [1.807, 2.05) is 0 Å². The average molecular weight is 409 g/mol. The van der Waals surface area contributed by atoms with E-state index in [4.69, 9.17) is 14.8 Å².